The highest BCUT2D eigenvalue weighted by molar-refractivity contribution is 5.91. The molecule has 0 saturated carbocycles. The number of halogens is 1. The topological polar surface area (TPSA) is 81.8 Å². The minimum absolute atomic E-state index is 0.185. The van der Waals surface area contributed by atoms with Gasteiger partial charge in [-0.1, -0.05) is 0 Å². The minimum Gasteiger partial charge on any atom is -0.493 e. The van der Waals surface area contributed by atoms with E-state index in [-0.39, 0.29) is 17.9 Å². The fraction of sp³-hybridized carbons (Fsp3) is 0.300. The molecule has 0 atom stereocenters. The molecule has 0 heterocycles. The van der Waals surface area contributed by atoms with E-state index in [1.54, 1.807) is 0 Å². The Bertz CT molecular complexity index is 395. The average Bonchev–Trinajstić information content (AvgIpc) is 2.25. The van der Waals surface area contributed by atoms with Crippen molar-refractivity contribution < 1.29 is 23.9 Å². The fourth-order valence-corrected chi connectivity index (χ4v) is 1.34. The number of hydrogen-bond donors (Lipinski definition) is 2. The second-order valence-electron chi connectivity index (χ2n) is 3.08. The van der Waals surface area contributed by atoms with E-state index in [0.717, 1.165) is 0 Å². The Morgan fingerprint density at radius 1 is 1.56 bits per heavy atom. The summed E-state index contributed by atoms with van der Waals surface area (Å²) in [4.78, 5) is 15.2. The first-order chi connectivity index (χ1) is 7.60. The van der Waals surface area contributed by atoms with Crippen molar-refractivity contribution in [2.45, 2.75) is 6.42 Å². The van der Waals surface area contributed by atoms with Crippen LogP contribution in [0, 0.1) is 5.82 Å². The van der Waals surface area contributed by atoms with Crippen LogP contribution in [0.3, 0.4) is 0 Å². The first-order valence-corrected chi connectivity index (χ1v) is 4.51. The number of nitrogens with two attached hydrogens (primary N) is 1. The summed E-state index contributed by atoms with van der Waals surface area (Å²) in [6.07, 6.45) is 0.331. The largest absolute Gasteiger partial charge is 0.493 e. The van der Waals surface area contributed by atoms with Crippen LogP contribution in [0.15, 0.2) is 12.1 Å². The van der Waals surface area contributed by atoms with Crippen molar-refractivity contribution in [2.24, 2.45) is 5.90 Å². The zero-order valence-electron chi connectivity index (χ0n) is 8.70. The number of carbonyl (C=O) groups is 1. The zero-order valence-corrected chi connectivity index (χ0v) is 8.70. The Morgan fingerprint density at radius 3 is 2.75 bits per heavy atom. The zero-order chi connectivity index (χ0) is 12.1. The molecular weight excluding hydrogens is 217 g/mol. The van der Waals surface area contributed by atoms with Crippen molar-refractivity contribution in [2.75, 3.05) is 13.7 Å². The second-order valence-corrected chi connectivity index (χ2v) is 3.08. The van der Waals surface area contributed by atoms with Crippen molar-refractivity contribution in [3.63, 3.8) is 0 Å². The molecule has 3 N–H and O–H groups in total. The van der Waals surface area contributed by atoms with E-state index >= 15 is 0 Å². The van der Waals surface area contributed by atoms with Gasteiger partial charge in [-0.15, -0.1) is 0 Å². The van der Waals surface area contributed by atoms with Crippen LogP contribution in [-0.2, 0) is 11.3 Å². The van der Waals surface area contributed by atoms with Gasteiger partial charge in [0.25, 0.3) is 0 Å². The van der Waals surface area contributed by atoms with Crippen LogP contribution in [0.2, 0.25) is 0 Å². The molecule has 88 valence electrons. The smallest absolute Gasteiger partial charge is 0.339 e. The molecule has 0 radical (unpaired) electrons. The lowest BCUT2D eigenvalue weighted by Gasteiger charge is -2.08. The van der Waals surface area contributed by atoms with Gasteiger partial charge in [0.05, 0.1) is 13.7 Å². The number of methoxy groups -OCH3 is 1. The van der Waals surface area contributed by atoms with Gasteiger partial charge < -0.3 is 14.7 Å². The molecule has 6 heteroatoms. The molecular formula is C10H12FNO4. The molecule has 1 aromatic rings. The van der Waals surface area contributed by atoms with E-state index in [4.69, 9.17) is 11.0 Å². The van der Waals surface area contributed by atoms with Gasteiger partial charge in [-0.3, -0.25) is 0 Å². The third-order valence-electron chi connectivity index (χ3n) is 2.05. The van der Waals surface area contributed by atoms with Gasteiger partial charge >= 0.3 is 5.97 Å². The molecule has 0 aliphatic rings. The van der Waals surface area contributed by atoms with Gasteiger partial charge in [-0.2, -0.15) is 0 Å². The van der Waals surface area contributed by atoms with E-state index in [0.29, 0.717) is 12.0 Å². The molecule has 0 aliphatic carbocycles. The predicted octanol–water partition coefficient (Wildman–Crippen LogP) is 0.965. The van der Waals surface area contributed by atoms with Crippen LogP contribution in [0.5, 0.6) is 5.75 Å². The Balaban J connectivity index is 3.12. The lowest BCUT2D eigenvalue weighted by Crippen LogP contribution is -2.07. The number of carboxylic acids is 1. The van der Waals surface area contributed by atoms with Crippen LogP contribution in [0.25, 0.3) is 0 Å². The van der Waals surface area contributed by atoms with E-state index < -0.39 is 11.8 Å². The van der Waals surface area contributed by atoms with Crippen molar-refractivity contribution in [1.82, 2.24) is 0 Å². The van der Waals surface area contributed by atoms with Gasteiger partial charge in [0.15, 0.2) is 11.6 Å². The summed E-state index contributed by atoms with van der Waals surface area (Å²) in [6.45, 7) is 0.185. The molecule has 16 heavy (non-hydrogen) atoms. The number of benzene rings is 1. The van der Waals surface area contributed by atoms with Gasteiger partial charge in [-0.05, 0) is 24.1 Å². The molecule has 0 spiro atoms. The Labute approximate surface area is 91.5 Å². The Morgan fingerprint density at radius 2 is 2.25 bits per heavy atom. The molecule has 1 aromatic carbocycles. The summed E-state index contributed by atoms with van der Waals surface area (Å²) in [6, 6.07) is 2.54. The highest BCUT2D eigenvalue weighted by atomic mass is 19.1. The van der Waals surface area contributed by atoms with Crippen LogP contribution < -0.4 is 10.6 Å². The SMILES string of the molecule is COc1c(F)cc(CCON)cc1C(=O)O. The standard InChI is InChI=1S/C10H12FNO4/c1-15-9-7(10(13)14)4-6(2-3-16-12)5-8(9)11/h4-5H,2-3,12H2,1H3,(H,13,14). The monoisotopic (exact) mass is 229 g/mol. The van der Waals surface area contributed by atoms with E-state index in [2.05, 4.69) is 9.57 Å². The van der Waals surface area contributed by atoms with E-state index in [9.17, 15) is 9.18 Å². The van der Waals surface area contributed by atoms with Crippen molar-refractivity contribution in [3.05, 3.63) is 29.1 Å². The third-order valence-corrected chi connectivity index (χ3v) is 2.05. The van der Waals surface area contributed by atoms with Crippen LogP contribution in [0.1, 0.15) is 15.9 Å². The second kappa shape index (κ2) is 5.43. The van der Waals surface area contributed by atoms with E-state index in [1.165, 1.54) is 19.2 Å². The average molecular weight is 229 g/mol. The molecule has 0 fully saturated rings. The Hall–Kier alpha value is -1.66. The van der Waals surface area contributed by atoms with Crippen LogP contribution in [-0.4, -0.2) is 24.8 Å². The molecule has 0 saturated heterocycles. The first-order valence-electron chi connectivity index (χ1n) is 4.51. The quantitative estimate of drug-likeness (QED) is 0.735. The molecule has 0 unspecified atom stereocenters. The fourth-order valence-electron chi connectivity index (χ4n) is 1.34. The maximum atomic E-state index is 13.4. The predicted molar refractivity (Wildman–Crippen MR) is 53.8 cm³/mol. The van der Waals surface area contributed by atoms with Gasteiger partial charge in [0.2, 0.25) is 0 Å². The highest BCUT2D eigenvalue weighted by Crippen LogP contribution is 2.24. The van der Waals surface area contributed by atoms with Gasteiger partial charge in [-0.25, -0.2) is 15.1 Å². The number of carboxylic acid groups (broad SMARTS) is 1. The number of hydrogen-bond acceptors (Lipinski definition) is 4. The van der Waals surface area contributed by atoms with Crippen LogP contribution >= 0.6 is 0 Å². The summed E-state index contributed by atoms with van der Waals surface area (Å²) in [7, 11) is 1.22. The first kappa shape index (κ1) is 12.4. The molecule has 0 amide bonds. The Kier molecular flexibility index (Phi) is 4.21. The summed E-state index contributed by atoms with van der Waals surface area (Å²) in [5, 5.41) is 8.87. The van der Waals surface area contributed by atoms with Crippen molar-refractivity contribution in [1.29, 1.82) is 0 Å². The number of rotatable bonds is 5. The molecule has 0 aromatic heterocycles. The summed E-state index contributed by atoms with van der Waals surface area (Å²) < 4.78 is 18.1. The van der Waals surface area contributed by atoms with E-state index in [1.807, 2.05) is 0 Å². The maximum Gasteiger partial charge on any atom is 0.339 e. The van der Waals surface area contributed by atoms with Gasteiger partial charge in [0, 0.05) is 0 Å². The minimum atomic E-state index is -1.24. The number of aromatic carboxylic acids is 1. The summed E-state index contributed by atoms with van der Waals surface area (Å²) >= 11 is 0. The summed E-state index contributed by atoms with van der Waals surface area (Å²) in [5.41, 5.74) is 0.274. The lowest BCUT2D eigenvalue weighted by molar-refractivity contribution is 0.0692. The molecule has 5 nitrogen and oxygen atoms in total. The van der Waals surface area contributed by atoms with Gasteiger partial charge in [0.1, 0.15) is 5.56 Å². The molecule has 0 aliphatic heterocycles. The van der Waals surface area contributed by atoms with Crippen LogP contribution in [0.4, 0.5) is 4.39 Å². The summed E-state index contributed by atoms with van der Waals surface area (Å²) in [5.74, 6) is 2.60. The normalized spacial score (nSPS) is 10.2. The molecule has 1 rings (SSSR count). The van der Waals surface area contributed by atoms with Crippen molar-refractivity contribution in [3.8, 4) is 5.75 Å². The lowest BCUT2D eigenvalue weighted by atomic mass is 10.1. The number of ether oxygens (including phenoxy) is 1. The maximum absolute atomic E-state index is 13.4. The third kappa shape index (κ3) is 2.68. The van der Waals surface area contributed by atoms with Crippen molar-refractivity contribution >= 4 is 5.97 Å². The molecule has 0 bridgehead atoms. The highest BCUT2D eigenvalue weighted by Gasteiger charge is 2.16.